The molecule has 104 valence electrons. The molecule has 0 N–H and O–H groups in total. The fraction of sp³-hybridized carbons (Fsp3) is 0.533. The van der Waals surface area contributed by atoms with Crippen LogP contribution in [0.15, 0.2) is 22.7 Å². The quantitative estimate of drug-likeness (QED) is 0.806. The van der Waals surface area contributed by atoms with Gasteiger partial charge in [0.15, 0.2) is 0 Å². The first-order valence-corrected chi connectivity index (χ1v) is 7.68. The summed E-state index contributed by atoms with van der Waals surface area (Å²) >= 11 is 3.11. The van der Waals surface area contributed by atoms with Gasteiger partial charge >= 0.3 is 0 Å². The number of nitrogens with zero attached hydrogens (tertiary/aromatic N) is 1. The summed E-state index contributed by atoms with van der Waals surface area (Å²) in [5.41, 5.74) is 0.448. The van der Waals surface area contributed by atoms with Gasteiger partial charge in [0.25, 0.3) is 5.91 Å². The van der Waals surface area contributed by atoms with E-state index in [0.29, 0.717) is 16.1 Å². The molecule has 2 rings (SSSR count). The van der Waals surface area contributed by atoms with Gasteiger partial charge in [-0.15, -0.1) is 0 Å². The molecule has 0 radical (unpaired) electrons. The Bertz CT molecular complexity index is 461. The second-order valence-corrected chi connectivity index (χ2v) is 5.92. The van der Waals surface area contributed by atoms with Crippen molar-refractivity contribution in [1.29, 1.82) is 0 Å². The summed E-state index contributed by atoms with van der Waals surface area (Å²) in [7, 11) is 0. The third-order valence-corrected chi connectivity index (χ3v) is 4.32. The summed E-state index contributed by atoms with van der Waals surface area (Å²) in [6, 6.07) is 4.93. The lowest BCUT2D eigenvalue weighted by atomic mass is 9.97. The number of halogens is 2. The zero-order chi connectivity index (χ0) is 13.8. The summed E-state index contributed by atoms with van der Waals surface area (Å²) < 4.78 is 13.9. The molecule has 4 heteroatoms. The van der Waals surface area contributed by atoms with Crippen LogP contribution in [0.2, 0.25) is 0 Å². The minimum atomic E-state index is -0.380. The first kappa shape index (κ1) is 14.5. The highest BCUT2D eigenvalue weighted by Gasteiger charge is 2.27. The van der Waals surface area contributed by atoms with E-state index in [2.05, 4.69) is 22.9 Å². The number of amides is 1. The van der Waals surface area contributed by atoms with Crippen LogP contribution in [0, 0.1) is 5.82 Å². The van der Waals surface area contributed by atoms with E-state index in [9.17, 15) is 9.18 Å². The van der Waals surface area contributed by atoms with Gasteiger partial charge in [0, 0.05) is 18.2 Å². The fourth-order valence-electron chi connectivity index (χ4n) is 2.70. The normalized spacial score (nSPS) is 19.5. The molecule has 1 atom stereocenters. The number of hydrogen-bond donors (Lipinski definition) is 0. The zero-order valence-electron chi connectivity index (χ0n) is 11.2. The van der Waals surface area contributed by atoms with E-state index < -0.39 is 0 Å². The molecule has 1 aliphatic rings. The summed E-state index contributed by atoms with van der Waals surface area (Å²) in [6.45, 7) is 2.93. The van der Waals surface area contributed by atoms with E-state index in [1.165, 1.54) is 12.5 Å². The van der Waals surface area contributed by atoms with Gasteiger partial charge in [0.2, 0.25) is 0 Å². The molecule has 0 spiro atoms. The van der Waals surface area contributed by atoms with Crippen LogP contribution in [0.1, 0.15) is 49.4 Å². The Labute approximate surface area is 122 Å². The van der Waals surface area contributed by atoms with Crippen LogP contribution < -0.4 is 0 Å². The Balaban J connectivity index is 2.18. The van der Waals surface area contributed by atoms with Crippen molar-refractivity contribution in [1.82, 2.24) is 4.90 Å². The first-order valence-electron chi connectivity index (χ1n) is 6.89. The van der Waals surface area contributed by atoms with Crippen LogP contribution in [0.3, 0.4) is 0 Å². The maximum Gasteiger partial charge on any atom is 0.254 e. The van der Waals surface area contributed by atoms with Crippen LogP contribution in [-0.4, -0.2) is 23.4 Å². The van der Waals surface area contributed by atoms with Gasteiger partial charge in [-0.3, -0.25) is 4.79 Å². The van der Waals surface area contributed by atoms with Crippen molar-refractivity contribution in [3.8, 4) is 0 Å². The van der Waals surface area contributed by atoms with Crippen molar-refractivity contribution in [2.45, 2.75) is 45.1 Å². The van der Waals surface area contributed by atoms with E-state index in [1.807, 2.05) is 4.90 Å². The molecule has 2 nitrogen and oxygen atoms in total. The van der Waals surface area contributed by atoms with Gasteiger partial charge in [-0.05, 0) is 59.8 Å². The van der Waals surface area contributed by atoms with Gasteiger partial charge in [-0.2, -0.15) is 0 Å². The molecule has 0 aliphatic carbocycles. The Hall–Kier alpha value is -0.900. The van der Waals surface area contributed by atoms with E-state index in [-0.39, 0.29) is 11.7 Å². The van der Waals surface area contributed by atoms with Gasteiger partial charge in [0.1, 0.15) is 5.82 Å². The molecule has 1 saturated heterocycles. The Morgan fingerprint density at radius 3 is 2.95 bits per heavy atom. The number of carbonyl (C=O) groups is 1. The Morgan fingerprint density at radius 2 is 2.26 bits per heavy atom. The molecule has 0 saturated carbocycles. The maximum absolute atomic E-state index is 13.5. The molecule has 19 heavy (non-hydrogen) atoms. The van der Waals surface area contributed by atoms with E-state index >= 15 is 0 Å². The number of piperidine rings is 1. The monoisotopic (exact) mass is 327 g/mol. The Kier molecular flexibility index (Phi) is 4.97. The molecule has 1 unspecified atom stereocenters. The van der Waals surface area contributed by atoms with Crippen molar-refractivity contribution in [3.63, 3.8) is 0 Å². The third-order valence-electron chi connectivity index (χ3n) is 3.68. The standard InChI is InChI=1S/C15H19BrFNO/c1-2-5-12-6-3-4-9-18(12)15(19)11-7-8-13(16)14(17)10-11/h7-8,10,12H,2-6,9H2,1H3. The van der Waals surface area contributed by atoms with Gasteiger partial charge in [0.05, 0.1) is 4.47 Å². The van der Waals surface area contributed by atoms with Gasteiger partial charge in [-0.25, -0.2) is 4.39 Å². The average Bonchev–Trinajstić information content (AvgIpc) is 2.42. The topological polar surface area (TPSA) is 20.3 Å². The van der Waals surface area contributed by atoms with Crippen LogP contribution in [0.5, 0.6) is 0 Å². The minimum Gasteiger partial charge on any atom is -0.336 e. The lowest BCUT2D eigenvalue weighted by Crippen LogP contribution is -2.43. The average molecular weight is 328 g/mol. The number of carbonyl (C=O) groups excluding carboxylic acids is 1. The molecular formula is C15H19BrFNO. The number of hydrogen-bond acceptors (Lipinski definition) is 1. The molecule has 0 bridgehead atoms. The third kappa shape index (κ3) is 3.35. The molecule has 1 aliphatic heterocycles. The molecule has 1 aromatic rings. The summed E-state index contributed by atoms with van der Waals surface area (Å²) in [4.78, 5) is 14.4. The molecule has 0 aromatic heterocycles. The Morgan fingerprint density at radius 1 is 1.47 bits per heavy atom. The number of likely N-dealkylation sites (tertiary alicyclic amines) is 1. The van der Waals surface area contributed by atoms with Crippen molar-refractivity contribution < 1.29 is 9.18 Å². The van der Waals surface area contributed by atoms with Crippen LogP contribution in [0.4, 0.5) is 4.39 Å². The van der Waals surface area contributed by atoms with E-state index in [1.54, 1.807) is 12.1 Å². The number of benzene rings is 1. The van der Waals surface area contributed by atoms with E-state index in [4.69, 9.17) is 0 Å². The zero-order valence-corrected chi connectivity index (χ0v) is 12.7. The SMILES string of the molecule is CCCC1CCCCN1C(=O)c1ccc(Br)c(F)c1. The molecule has 1 aromatic carbocycles. The highest BCUT2D eigenvalue weighted by Crippen LogP contribution is 2.24. The van der Waals surface area contributed by atoms with Crippen molar-refractivity contribution in [2.24, 2.45) is 0 Å². The van der Waals surface area contributed by atoms with Gasteiger partial charge in [-0.1, -0.05) is 13.3 Å². The van der Waals surface area contributed by atoms with E-state index in [0.717, 1.165) is 32.2 Å². The first-order chi connectivity index (χ1) is 9.13. The summed E-state index contributed by atoms with van der Waals surface area (Å²) in [5, 5.41) is 0. The van der Waals surface area contributed by atoms with Crippen LogP contribution in [-0.2, 0) is 0 Å². The summed E-state index contributed by atoms with van der Waals surface area (Å²) in [6.07, 6.45) is 5.40. The predicted octanol–water partition coefficient (Wildman–Crippen LogP) is 4.38. The number of rotatable bonds is 3. The minimum absolute atomic E-state index is 0.0375. The van der Waals surface area contributed by atoms with Gasteiger partial charge < -0.3 is 4.90 Å². The van der Waals surface area contributed by atoms with Crippen molar-refractivity contribution in [3.05, 3.63) is 34.1 Å². The molecule has 1 fully saturated rings. The lowest BCUT2D eigenvalue weighted by Gasteiger charge is -2.36. The second kappa shape index (κ2) is 6.51. The predicted molar refractivity (Wildman–Crippen MR) is 77.7 cm³/mol. The lowest BCUT2D eigenvalue weighted by molar-refractivity contribution is 0.0600. The largest absolute Gasteiger partial charge is 0.336 e. The smallest absolute Gasteiger partial charge is 0.254 e. The summed E-state index contributed by atoms with van der Waals surface area (Å²) in [5.74, 6) is -0.417. The van der Waals surface area contributed by atoms with Crippen molar-refractivity contribution >= 4 is 21.8 Å². The maximum atomic E-state index is 13.5. The molecule has 1 heterocycles. The fourth-order valence-corrected chi connectivity index (χ4v) is 2.94. The molecular weight excluding hydrogens is 309 g/mol. The molecule has 1 amide bonds. The highest BCUT2D eigenvalue weighted by molar-refractivity contribution is 9.10. The van der Waals surface area contributed by atoms with Crippen molar-refractivity contribution in [2.75, 3.05) is 6.54 Å². The second-order valence-electron chi connectivity index (χ2n) is 5.07. The van der Waals surface area contributed by atoms with Crippen LogP contribution >= 0.6 is 15.9 Å². The highest BCUT2D eigenvalue weighted by atomic mass is 79.9. The van der Waals surface area contributed by atoms with Crippen LogP contribution in [0.25, 0.3) is 0 Å².